The maximum Gasteiger partial charge on any atom is 0.257 e. The summed E-state index contributed by atoms with van der Waals surface area (Å²) < 4.78 is 28.4. The zero-order chi connectivity index (χ0) is 16.8. The highest BCUT2D eigenvalue weighted by Crippen LogP contribution is 2.25. The lowest BCUT2D eigenvalue weighted by molar-refractivity contribution is 0.0747. The number of amides is 1. The Kier molecular flexibility index (Phi) is 3.87. The summed E-state index contributed by atoms with van der Waals surface area (Å²) in [6.45, 7) is 3.97. The quantitative estimate of drug-likeness (QED) is 0.844. The predicted molar refractivity (Wildman–Crippen MR) is 85.0 cm³/mol. The number of aromatic nitrogens is 2. The first-order valence-corrected chi connectivity index (χ1v) is 9.33. The van der Waals surface area contributed by atoms with Crippen molar-refractivity contribution >= 4 is 26.8 Å². The van der Waals surface area contributed by atoms with E-state index in [2.05, 4.69) is 10.1 Å². The summed E-state index contributed by atoms with van der Waals surface area (Å²) in [7, 11) is -1.40. The molecule has 2 aromatic heterocycles. The molecule has 0 aliphatic carbocycles. The van der Waals surface area contributed by atoms with E-state index in [4.69, 9.17) is 4.52 Å². The zero-order valence-corrected chi connectivity index (χ0v) is 14.1. The van der Waals surface area contributed by atoms with Gasteiger partial charge in [-0.2, -0.15) is 0 Å². The van der Waals surface area contributed by atoms with Crippen molar-refractivity contribution in [2.24, 2.45) is 0 Å². The summed E-state index contributed by atoms with van der Waals surface area (Å²) in [4.78, 5) is 18.3. The van der Waals surface area contributed by atoms with E-state index in [0.29, 0.717) is 17.7 Å². The van der Waals surface area contributed by atoms with E-state index < -0.39 is 9.84 Å². The van der Waals surface area contributed by atoms with Crippen LogP contribution >= 0.6 is 0 Å². The van der Waals surface area contributed by atoms with Crippen molar-refractivity contribution < 1.29 is 17.7 Å². The molecule has 2 aromatic rings. The number of rotatable bonds is 3. The molecule has 1 amide bonds. The average molecular weight is 337 g/mol. The topological polar surface area (TPSA) is 93.4 Å². The Morgan fingerprint density at radius 1 is 1.43 bits per heavy atom. The van der Waals surface area contributed by atoms with Gasteiger partial charge in [0, 0.05) is 19.3 Å². The Morgan fingerprint density at radius 2 is 2.17 bits per heavy atom. The molecule has 0 unspecified atom stereocenters. The summed E-state index contributed by atoms with van der Waals surface area (Å²) in [5.74, 6) is 0.0732. The zero-order valence-electron chi connectivity index (χ0n) is 13.3. The van der Waals surface area contributed by atoms with Gasteiger partial charge in [0.25, 0.3) is 11.6 Å². The van der Waals surface area contributed by atoms with E-state index in [1.807, 2.05) is 13.8 Å². The van der Waals surface area contributed by atoms with Crippen LogP contribution in [-0.2, 0) is 9.84 Å². The van der Waals surface area contributed by atoms with Crippen molar-refractivity contribution in [3.63, 3.8) is 0 Å². The molecule has 124 valence electrons. The number of nitrogens with zero attached hydrogens (tertiary/aromatic N) is 3. The molecule has 1 saturated heterocycles. The summed E-state index contributed by atoms with van der Waals surface area (Å²) in [6, 6.07) is 1.44. The van der Waals surface area contributed by atoms with Gasteiger partial charge in [-0.1, -0.05) is 19.0 Å². The van der Waals surface area contributed by atoms with Crippen molar-refractivity contribution in [3.8, 4) is 0 Å². The van der Waals surface area contributed by atoms with Crippen LogP contribution in [0.25, 0.3) is 11.1 Å². The van der Waals surface area contributed by atoms with Crippen LogP contribution in [0.5, 0.6) is 0 Å². The van der Waals surface area contributed by atoms with Crippen LogP contribution in [0.4, 0.5) is 0 Å². The number of fused-ring (bicyclic) bond motifs is 1. The van der Waals surface area contributed by atoms with Gasteiger partial charge in [0.2, 0.25) is 0 Å². The first-order chi connectivity index (χ1) is 10.8. The fraction of sp³-hybridized carbons (Fsp3) is 0.533. The summed E-state index contributed by atoms with van der Waals surface area (Å²) >= 11 is 0. The third kappa shape index (κ3) is 2.95. The molecule has 1 fully saturated rings. The smallest absolute Gasteiger partial charge is 0.257 e. The van der Waals surface area contributed by atoms with E-state index in [9.17, 15) is 13.2 Å². The van der Waals surface area contributed by atoms with E-state index in [1.165, 1.54) is 11.1 Å². The largest absolute Gasteiger partial charge is 0.338 e. The van der Waals surface area contributed by atoms with Crippen LogP contribution in [0.2, 0.25) is 0 Å². The van der Waals surface area contributed by atoms with Crippen LogP contribution in [0.3, 0.4) is 0 Å². The molecule has 7 nitrogen and oxygen atoms in total. The first kappa shape index (κ1) is 15.9. The Hall–Kier alpha value is -1.96. The molecule has 0 aromatic carbocycles. The lowest BCUT2D eigenvalue weighted by Crippen LogP contribution is -2.37. The van der Waals surface area contributed by atoms with Gasteiger partial charge in [0.05, 0.1) is 28.1 Å². The van der Waals surface area contributed by atoms with Crippen molar-refractivity contribution in [1.82, 2.24) is 15.0 Å². The normalized spacial score (nSPS) is 20.3. The molecule has 0 saturated carbocycles. The summed E-state index contributed by atoms with van der Waals surface area (Å²) in [5.41, 5.74) is 1.57. The predicted octanol–water partition coefficient (Wildman–Crippen LogP) is 1.61. The highest BCUT2D eigenvalue weighted by atomic mass is 32.2. The fourth-order valence-electron chi connectivity index (χ4n) is 2.83. The molecule has 1 aliphatic heterocycles. The van der Waals surface area contributed by atoms with Crippen molar-refractivity contribution in [2.75, 3.05) is 18.6 Å². The van der Waals surface area contributed by atoms with Crippen LogP contribution in [-0.4, -0.2) is 54.0 Å². The molecular weight excluding hydrogens is 318 g/mol. The van der Waals surface area contributed by atoms with Crippen LogP contribution in [0.15, 0.2) is 16.8 Å². The molecule has 23 heavy (non-hydrogen) atoms. The lowest BCUT2D eigenvalue weighted by atomic mass is 10.1. The minimum atomic E-state index is -3.03. The highest BCUT2D eigenvalue weighted by Gasteiger charge is 2.33. The summed E-state index contributed by atoms with van der Waals surface area (Å²) in [5, 5.41) is 4.72. The second kappa shape index (κ2) is 5.59. The third-order valence-corrected chi connectivity index (χ3v) is 5.98. The van der Waals surface area contributed by atoms with E-state index in [1.54, 1.807) is 13.1 Å². The second-order valence-corrected chi connectivity index (χ2v) is 8.50. The number of hydrogen-bond donors (Lipinski definition) is 0. The molecular formula is C15H19N3O4S. The molecule has 3 heterocycles. The number of carbonyl (C=O) groups is 1. The molecule has 3 rings (SSSR count). The molecule has 8 heteroatoms. The maximum atomic E-state index is 12.6. The fourth-order valence-corrected chi connectivity index (χ4v) is 4.61. The second-order valence-electron chi connectivity index (χ2n) is 6.27. The van der Waals surface area contributed by atoms with Crippen LogP contribution in [0, 0.1) is 0 Å². The molecule has 0 N–H and O–H groups in total. The van der Waals surface area contributed by atoms with Gasteiger partial charge in [0.1, 0.15) is 0 Å². The summed E-state index contributed by atoms with van der Waals surface area (Å²) in [6.07, 6.45) is 1.92. The third-order valence-electron chi connectivity index (χ3n) is 4.23. The molecule has 0 bridgehead atoms. The van der Waals surface area contributed by atoms with Gasteiger partial charge in [-0.05, 0) is 18.4 Å². The van der Waals surface area contributed by atoms with E-state index in [0.717, 1.165) is 11.1 Å². The van der Waals surface area contributed by atoms with Gasteiger partial charge in [-0.25, -0.2) is 13.4 Å². The molecule has 0 radical (unpaired) electrons. The molecule has 1 aliphatic rings. The standard InChI is InChI=1S/C15H19N3O4S/c1-9(2)13-12-6-10(7-16-14(12)22-17-13)15(19)18(3)11-4-5-23(20,21)8-11/h6-7,9,11H,4-5,8H2,1-3H3/t11-/m0/s1. The first-order valence-electron chi connectivity index (χ1n) is 7.51. The Bertz CT molecular complexity index is 857. The van der Waals surface area contributed by atoms with Gasteiger partial charge in [0.15, 0.2) is 9.84 Å². The van der Waals surface area contributed by atoms with Crippen LogP contribution < -0.4 is 0 Å². The Labute approximate surface area is 134 Å². The lowest BCUT2D eigenvalue weighted by Gasteiger charge is -2.23. The molecule has 1 atom stereocenters. The highest BCUT2D eigenvalue weighted by molar-refractivity contribution is 7.91. The van der Waals surface area contributed by atoms with Gasteiger partial charge in [-0.15, -0.1) is 0 Å². The SMILES string of the molecule is CC(C)c1noc2ncc(C(=O)N(C)[C@H]3CCS(=O)(=O)C3)cc12. The monoisotopic (exact) mass is 337 g/mol. The van der Waals surface area contributed by atoms with Gasteiger partial charge in [-0.3, -0.25) is 4.79 Å². The van der Waals surface area contributed by atoms with Crippen molar-refractivity contribution in [1.29, 1.82) is 0 Å². The van der Waals surface area contributed by atoms with Gasteiger partial charge < -0.3 is 9.42 Å². The maximum absolute atomic E-state index is 12.6. The molecule has 0 spiro atoms. The number of carbonyl (C=O) groups excluding carboxylic acids is 1. The number of pyridine rings is 1. The van der Waals surface area contributed by atoms with Gasteiger partial charge >= 0.3 is 0 Å². The van der Waals surface area contributed by atoms with Crippen molar-refractivity contribution in [3.05, 3.63) is 23.5 Å². The minimum absolute atomic E-state index is 0.0232. The average Bonchev–Trinajstić information content (AvgIpc) is 3.08. The Morgan fingerprint density at radius 3 is 2.78 bits per heavy atom. The van der Waals surface area contributed by atoms with Crippen LogP contribution in [0.1, 0.15) is 42.2 Å². The Balaban J connectivity index is 1.90. The van der Waals surface area contributed by atoms with E-state index in [-0.39, 0.29) is 29.4 Å². The van der Waals surface area contributed by atoms with Crippen molar-refractivity contribution in [2.45, 2.75) is 32.2 Å². The number of hydrogen-bond acceptors (Lipinski definition) is 6. The van der Waals surface area contributed by atoms with E-state index >= 15 is 0 Å². The minimum Gasteiger partial charge on any atom is -0.338 e. The number of sulfone groups is 1.